The van der Waals surface area contributed by atoms with E-state index in [4.69, 9.17) is 14.2 Å². The third-order valence-electron chi connectivity index (χ3n) is 4.98. The van der Waals surface area contributed by atoms with E-state index in [-0.39, 0.29) is 11.9 Å². The maximum Gasteiger partial charge on any atom is 0.309 e. The summed E-state index contributed by atoms with van der Waals surface area (Å²) in [5, 5.41) is 9.99. The summed E-state index contributed by atoms with van der Waals surface area (Å²) in [5.74, 6) is -0.535. The summed E-state index contributed by atoms with van der Waals surface area (Å²) >= 11 is 0. The van der Waals surface area contributed by atoms with Gasteiger partial charge in [-0.2, -0.15) is 0 Å². The number of esters is 2. The molecule has 3 fully saturated rings. The monoisotopic (exact) mass is 312 g/mol. The Hall–Kier alpha value is -1.14. The highest BCUT2D eigenvalue weighted by Gasteiger charge is 2.44. The number of rotatable bonds is 4. The number of epoxide rings is 1. The average Bonchev–Trinajstić information content (AvgIpc) is 3.25. The fraction of sp³-hybridized carbons (Fsp3) is 0.875. The van der Waals surface area contributed by atoms with Gasteiger partial charge in [-0.3, -0.25) is 9.59 Å². The molecule has 6 atom stereocenters. The molecule has 0 aromatic heterocycles. The largest absolute Gasteiger partial charge is 0.465 e. The van der Waals surface area contributed by atoms with E-state index in [9.17, 15) is 14.7 Å². The molecule has 124 valence electrons. The van der Waals surface area contributed by atoms with Crippen LogP contribution in [0.3, 0.4) is 0 Å². The quantitative estimate of drug-likeness (QED) is 0.620. The minimum absolute atomic E-state index is 0.237. The fourth-order valence-corrected chi connectivity index (χ4v) is 3.64. The topological polar surface area (TPSA) is 85.4 Å². The minimum Gasteiger partial charge on any atom is -0.465 e. The molecule has 3 rings (SSSR count). The molecule has 1 heterocycles. The van der Waals surface area contributed by atoms with Gasteiger partial charge < -0.3 is 19.3 Å². The van der Waals surface area contributed by atoms with Crippen LogP contribution in [0.1, 0.15) is 45.4 Å². The van der Waals surface area contributed by atoms with Crippen molar-refractivity contribution in [2.75, 3.05) is 6.61 Å². The van der Waals surface area contributed by atoms with Crippen molar-refractivity contribution in [3.05, 3.63) is 0 Å². The second kappa shape index (κ2) is 6.54. The molecule has 2 saturated carbocycles. The van der Waals surface area contributed by atoms with Crippen LogP contribution in [0.2, 0.25) is 0 Å². The Morgan fingerprint density at radius 1 is 1.14 bits per heavy atom. The summed E-state index contributed by atoms with van der Waals surface area (Å²) in [6.45, 7) is 1.77. The lowest BCUT2D eigenvalue weighted by molar-refractivity contribution is -0.162. The Morgan fingerprint density at radius 3 is 2.64 bits per heavy atom. The first-order valence-corrected chi connectivity index (χ1v) is 8.20. The van der Waals surface area contributed by atoms with E-state index in [1.165, 1.54) is 6.92 Å². The smallest absolute Gasteiger partial charge is 0.309 e. The van der Waals surface area contributed by atoms with E-state index >= 15 is 0 Å². The lowest BCUT2D eigenvalue weighted by Crippen LogP contribution is -2.39. The van der Waals surface area contributed by atoms with Crippen LogP contribution in [-0.2, 0) is 23.8 Å². The van der Waals surface area contributed by atoms with E-state index < -0.39 is 18.2 Å². The van der Waals surface area contributed by atoms with Crippen LogP contribution in [0.25, 0.3) is 0 Å². The van der Waals surface area contributed by atoms with Crippen molar-refractivity contribution >= 4 is 11.9 Å². The molecule has 6 heteroatoms. The zero-order valence-corrected chi connectivity index (χ0v) is 12.9. The highest BCUT2D eigenvalue weighted by molar-refractivity contribution is 5.72. The normalized spacial score (nSPS) is 40.5. The second-order valence-electron chi connectivity index (χ2n) is 6.75. The summed E-state index contributed by atoms with van der Waals surface area (Å²) in [6.07, 6.45) is 4.06. The van der Waals surface area contributed by atoms with Crippen molar-refractivity contribution in [1.29, 1.82) is 0 Å². The van der Waals surface area contributed by atoms with Gasteiger partial charge in [0.05, 0.1) is 30.8 Å². The number of aliphatic hydroxyl groups excluding tert-OH is 1. The molecule has 0 aromatic rings. The van der Waals surface area contributed by atoms with Crippen LogP contribution in [0.5, 0.6) is 0 Å². The highest BCUT2D eigenvalue weighted by Crippen LogP contribution is 2.39. The number of carbonyl (C=O) groups is 2. The lowest BCUT2D eigenvalue weighted by Gasteiger charge is -2.31. The SMILES string of the molecule is CC(=O)OC1CCC(C(=O)OCC2CCC3OC3C2)CC1O. The molecule has 0 spiro atoms. The van der Waals surface area contributed by atoms with Gasteiger partial charge in [-0.1, -0.05) is 0 Å². The molecule has 0 amide bonds. The predicted octanol–water partition coefficient (Wildman–Crippen LogP) is 1.19. The first-order valence-electron chi connectivity index (χ1n) is 8.20. The van der Waals surface area contributed by atoms with Gasteiger partial charge >= 0.3 is 11.9 Å². The Morgan fingerprint density at radius 2 is 1.95 bits per heavy atom. The Kier molecular flexibility index (Phi) is 4.68. The number of aliphatic hydroxyl groups is 1. The molecule has 3 aliphatic rings. The van der Waals surface area contributed by atoms with Crippen molar-refractivity contribution in [2.45, 2.75) is 69.9 Å². The van der Waals surface area contributed by atoms with Gasteiger partial charge in [0.2, 0.25) is 0 Å². The van der Waals surface area contributed by atoms with Gasteiger partial charge in [0.25, 0.3) is 0 Å². The molecule has 0 aromatic carbocycles. The van der Waals surface area contributed by atoms with Crippen molar-refractivity contribution in [2.24, 2.45) is 11.8 Å². The summed E-state index contributed by atoms with van der Waals surface area (Å²) < 4.78 is 16.0. The fourth-order valence-electron chi connectivity index (χ4n) is 3.64. The van der Waals surface area contributed by atoms with Crippen LogP contribution in [0, 0.1) is 11.8 Å². The number of fused-ring (bicyclic) bond motifs is 1. The third kappa shape index (κ3) is 3.79. The first-order chi connectivity index (χ1) is 10.5. The maximum atomic E-state index is 12.1. The zero-order valence-electron chi connectivity index (χ0n) is 12.9. The standard InChI is InChI=1S/C16H24O6/c1-9(17)21-13-5-3-11(7-12(13)18)16(19)20-8-10-2-4-14-15(6-10)22-14/h10-15,18H,2-8H2,1H3. The molecule has 0 radical (unpaired) electrons. The summed E-state index contributed by atoms with van der Waals surface area (Å²) in [6, 6.07) is 0. The molecule has 22 heavy (non-hydrogen) atoms. The van der Waals surface area contributed by atoms with Gasteiger partial charge in [0.1, 0.15) is 6.10 Å². The van der Waals surface area contributed by atoms with Gasteiger partial charge in [0.15, 0.2) is 0 Å². The zero-order chi connectivity index (χ0) is 15.7. The molecule has 6 nitrogen and oxygen atoms in total. The number of hydrogen-bond donors (Lipinski definition) is 1. The van der Waals surface area contributed by atoms with Crippen LogP contribution in [-0.4, -0.2) is 48.1 Å². The van der Waals surface area contributed by atoms with Gasteiger partial charge in [-0.25, -0.2) is 0 Å². The molecule has 1 saturated heterocycles. The van der Waals surface area contributed by atoms with Gasteiger partial charge in [-0.15, -0.1) is 0 Å². The number of ether oxygens (including phenoxy) is 3. The molecule has 2 aliphatic carbocycles. The lowest BCUT2D eigenvalue weighted by atomic mass is 9.85. The Labute approximate surface area is 130 Å². The van der Waals surface area contributed by atoms with Crippen LogP contribution in [0.4, 0.5) is 0 Å². The number of carbonyl (C=O) groups excluding carboxylic acids is 2. The molecule has 1 N–H and O–H groups in total. The second-order valence-corrected chi connectivity index (χ2v) is 6.75. The average molecular weight is 312 g/mol. The molecular weight excluding hydrogens is 288 g/mol. The molecule has 1 aliphatic heterocycles. The molecule has 0 bridgehead atoms. The van der Waals surface area contributed by atoms with E-state index in [1.54, 1.807) is 0 Å². The maximum absolute atomic E-state index is 12.1. The van der Waals surface area contributed by atoms with Crippen molar-refractivity contribution in [3.63, 3.8) is 0 Å². The minimum atomic E-state index is -0.787. The van der Waals surface area contributed by atoms with E-state index in [0.29, 0.717) is 44.0 Å². The third-order valence-corrected chi connectivity index (χ3v) is 4.98. The van der Waals surface area contributed by atoms with E-state index in [1.807, 2.05) is 0 Å². The Balaban J connectivity index is 1.40. The van der Waals surface area contributed by atoms with E-state index in [0.717, 1.165) is 19.3 Å². The van der Waals surface area contributed by atoms with Crippen LogP contribution in [0.15, 0.2) is 0 Å². The first kappa shape index (κ1) is 15.7. The van der Waals surface area contributed by atoms with Crippen molar-refractivity contribution in [1.82, 2.24) is 0 Å². The van der Waals surface area contributed by atoms with Gasteiger partial charge in [0, 0.05) is 6.92 Å². The van der Waals surface area contributed by atoms with E-state index in [2.05, 4.69) is 0 Å². The van der Waals surface area contributed by atoms with Crippen LogP contribution >= 0.6 is 0 Å². The predicted molar refractivity (Wildman–Crippen MR) is 75.9 cm³/mol. The summed E-state index contributed by atoms with van der Waals surface area (Å²) in [7, 11) is 0. The van der Waals surface area contributed by atoms with Crippen LogP contribution < -0.4 is 0 Å². The Bertz CT molecular complexity index is 436. The summed E-state index contributed by atoms with van der Waals surface area (Å²) in [4.78, 5) is 23.1. The number of hydrogen-bond acceptors (Lipinski definition) is 6. The van der Waals surface area contributed by atoms with Gasteiger partial charge in [-0.05, 0) is 44.4 Å². The molecule has 6 unspecified atom stereocenters. The van der Waals surface area contributed by atoms with Crippen molar-refractivity contribution in [3.8, 4) is 0 Å². The molecular formula is C16H24O6. The highest BCUT2D eigenvalue weighted by atomic mass is 16.6. The van der Waals surface area contributed by atoms with Crippen molar-refractivity contribution < 1.29 is 28.9 Å². The summed E-state index contributed by atoms with van der Waals surface area (Å²) in [5.41, 5.74) is 0.